The molecule has 0 aliphatic rings. The number of halogens is 1. The minimum absolute atomic E-state index is 0.0506. The molecule has 1 aromatic heterocycles. The molecular weight excluding hydrogens is 398 g/mol. The number of benzene rings is 2. The molecular formula is C19H18BrN3O3. The van der Waals surface area contributed by atoms with Crippen LogP contribution in [0.2, 0.25) is 0 Å². The second kappa shape index (κ2) is 7.29. The summed E-state index contributed by atoms with van der Waals surface area (Å²) in [4.78, 5) is 12.1. The lowest BCUT2D eigenvalue weighted by Gasteiger charge is -2.09. The number of ether oxygens (including phenoxy) is 1. The fraction of sp³-hybridized carbons (Fsp3) is 0.211. The highest BCUT2D eigenvalue weighted by Crippen LogP contribution is 2.39. The number of aromatic nitrogens is 1. The highest BCUT2D eigenvalue weighted by Gasteiger charge is 2.15. The van der Waals surface area contributed by atoms with Crippen molar-refractivity contribution >= 4 is 38.4 Å². The van der Waals surface area contributed by atoms with Crippen molar-refractivity contribution in [2.45, 2.75) is 13.8 Å². The fourth-order valence-corrected chi connectivity index (χ4v) is 3.14. The molecule has 2 aromatic carbocycles. The predicted molar refractivity (Wildman–Crippen MR) is 103 cm³/mol. The van der Waals surface area contributed by atoms with Gasteiger partial charge in [0.15, 0.2) is 12.3 Å². The smallest absolute Gasteiger partial charge is 0.302 e. The first-order valence-corrected chi connectivity index (χ1v) is 8.78. The summed E-state index contributed by atoms with van der Waals surface area (Å²) in [5.41, 5.74) is 2.95. The summed E-state index contributed by atoms with van der Waals surface area (Å²) in [6.45, 7) is 3.62. The predicted octanol–water partition coefficient (Wildman–Crippen LogP) is 4.95. The van der Waals surface area contributed by atoms with Gasteiger partial charge in [0, 0.05) is 16.9 Å². The van der Waals surface area contributed by atoms with Crippen molar-refractivity contribution in [1.29, 1.82) is 0 Å². The van der Waals surface area contributed by atoms with Gasteiger partial charge in [-0.2, -0.15) is 0 Å². The van der Waals surface area contributed by atoms with Gasteiger partial charge in [0.1, 0.15) is 5.75 Å². The number of amides is 1. The van der Waals surface area contributed by atoms with Crippen LogP contribution in [0.4, 0.5) is 5.69 Å². The molecule has 0 bridgehead atoms. The number of hydrogen-bond acceptors (Lipinski definition) is 4. The molecule has 0 saturated heterocycles. The zero-order valence-corrected chi connectivity index (χ0v) is 16.2. The lowest BCUT2D eigenvalue weighted by molar-refractivity contribution is -0.120. The van der Waals surface area contributed by atoms with E-state index in [2.05, 4.69) is 26.2 Å². The second-order valence-electron chi connectivity index (χ2n) is 6.00. The zero-order valence-electron chi connectivity index (χ0n) is 14.7. The van der Waals surface area contributed by atoms with E-state index in [0.29, 0.717) is 11.1 Å². The number of azo groups is 1. The van der Waals surface area contributed by atoms with Gasteiger partial charge in [0.05, 0.1) is 5.52 Å². The number of hydrogen-bond donors (Lipinski definition) is 1. The summed E-state index contributed by atoms with van der Waals surface area (Å²) in [5, 5.41) is 18.6. The van der Waals surface area contributed by atoms with Crippen molar-refractivity contribution in [3.05, 3.63) is 52.0 Å². The summed E-state index contributed by atoms with van der Waals surface area (Å²) in [7, 11) is 1.72. The third-order valence-electron chi connectivity index (χ3n) is 4.11. The number of carbonyl (C=O) groups is 1. The van der Waals surface area contributed by atoms with Crippen LogP contribution in [0.5, 0.6) is 11.6 Å². The molecule has 6 nitrogen and oxygen atoms in total. The van der Waals surface area contributed by atoms with E-state index in [0.717, 1.165) is 21.1 Å². The molecule has 3 rings (SSSR count). The molecule has 0 atom stereocenters. The van der Waals surface area contributed by atoms with E-state index in [1.165, 1.54) is 0 Å². The molecule has 1 N–H and O–H groups in total. The van der Waals surface area contributed by atoms with Crippen LogP contribution in [-0.4, -0.2) is 22.2 Å². The Labute approximate surface area is 159 Å². The lowest BCUT2D eigenvalue weighted by Crippen LogP contribution is -2.09. The zero-order chi connectivity index (χ0) is 18.8. The Hall–Kier alpha value is -2.67. The van der Waals surface area contributed by atoms with E-state index in [9.17, 15) is 9.90 Å². The third kappa shape index (κ3) is 3.48. The lowest BCUT2D eigenvalue weighted by atomic mass is 10.1. The molecule has 0 aliphatic heterocycles. The largest absolute Gasteiger partial charge is 0.493 e. The van der Waals surface area contributed by atoms with Crippen LogP contribution < -0.4 is 4.74 Å². The van der Waals surface area contributed by atoms with E-state index < -0.39 is 5.91 Å². The number of aromatic hydroxyl groups is 1. The van der Waals surface area contributed by atoms with Gasteiger partial charge in [0.25, 0.3) is 0 Å². The molecule has 0 aliphatic carbocycles. The van der Waals surface area contributed by atoms with Gasteiger partial charge in [-0.15, -0.1) is 10.2 Å². The van der Waals surface area contributed by atoms with Crippen LogP contribution in [0.25, 0.3) is 10.9 Å². The van der Waals surface area contributed by atoms with Gasteiger partial charge >= 0.3 is 5.91 Å². The normalized spacial score (nSPS) is 11.4. The van der Waals surface area contributed by atoms with Crippen molar-refractivity contribution in [3.8, 4) is 11.6 Å². The maximum atomic E-state index is 12.1. The second-order valence-corrected chi connectivity index (χ2v) is 6.91. The highest BCUT2D eigenvalue weighted by atomic mass is 79.9. The molecule has 1 heterocycles. The molecule has 26 heavy (non-hydrogen) atoms. The summed E-state index contributed by atoms with van der Waals surface area (Å²) in [5.74, 6) is 0.0948. The molecule has 0 radical (unpaired) electrons. The topological polar surface area (TPSA) is 76.2 Å². The van der Waals surface area contributed by atoms with Crippen molar-refractivity contribution < 1.29 is 14.6 Å². The van der Waals surface area contributed by atoms with E-state index in [4.69, 9.17) is 4.74 Å². The minimum Gasteiger partial charge on any atom is -0.493 e. The first kappa shape index (κ1) is 18.1. The van der Waals surface area contributed by atoms with E-state index in [-0.39, 0.29) is 18.2 Å². The first-order valence-electron chi connectivity index (χ1n) is 7.99. The van der Waals surface area contributed by atoms with Crippen LogP contribution in [0.1, 0.15) is 11.1 Å². The Morgan fingerprint density at radius 3 is 2.62 bits per heavy atom. The van der Waals surface area contributed by atoms with Crippen LogP contribution >= 0.6 is 15.9 Å². The molecule has 0 spiro atoms. The first-order chi connectivity index (χ1) is 12.4. The average molecular weight is 416 g/mol. The summed E-state index contributed by atoms with van der Waals surface area (Å²) in [6.07, 6.45) is 0. The van der Waals surface area contributed by atoms with Crippen molar-refractivity contribution in [3.63, 3.8) is 0 Å². The molecule has 3 aromatic rings. The molecule has 0 saturated carbocycles. The molecule has 7 heteroatoms. The average Bonchev–Trinajstić information content (AvgIpc) is 2.83. The van der Waals surface area contributed by atoms with Crippen molar-refractivity contribution in [2.24, 2.45) is 17.3 Å². The van der Waals surface area contributed by atoms with E-state index >= 15 is 0 Å². The third-order valence-corrected chi connectivity index (χ3v) is 4.61. The maximum absolute atomic E-state index is 12.1. The monoisotopic (exact) mass is 415 g/mol. The quantitative estimate of drug-likeness (QED) is 0.612. The van der Waals surface area contributed by atoms with Gasteiger partial charge < -0.3 is 14.4 Å². The molecule has 134 valence electrons. The number of rotatable bonds is 4. The standard InChI is InChI=1S/C19H18BrN3O3/c1-11-5-4-6-12(2)18(11)26-10-16(24)21-22-17-14-9-13(20)7-8-15(14)23(3)19(17)25/h4-9,25H,10H2,1-3H3. The fourth-order valence-electron chi connectivity index (χ4n) is 2.78. The van der Waals surface area contributed by atoms with Crippen LogP contribution in [0, 0.1) is 13.8 Å². The Morgan fingerprint density at radius 1 is 1.23 bits per heavy atom. The molecule has 0 unspecified atom stereocenters. The maximum Gasteiger partial charge on any atom is 0.302 e. The van der Waals surface area contributed by atoms with E-state index in [1.807, 2.05) is 50.2 Å². The number of para-hydroxylation sites is 1. The Balaban J connectivity index is 1.80. The van der Waals surface area contributed by atoms with Gasteiger partial charge in [0.2, 0.25) is 5.88 Å². The number of aryl methyl sites for hydroxylation is 3. The molecule has 0 fully saturated rings. The van der Waals surface area contributed by atoms with Crippen molar-refractivity contribution in [1.82, 2.24) is 4.57 Å². The number of fused-ring (bicyclic) bond motifs is 1. The van der Waals surface area contributed by atoms with Gasteiger partial charge in [-0.1, -0.05) is 34.1 Å². The number of carbonyl (C=O) groups excluding carboxylic acids is 1. The van der Waals surface area contributed by atoms with Crippen LogP contribution in [0.3, 0.4) is 0 Å². The summed E-state index contributed by atoms with van der Waals surface area (Å²) in [6, 6.07) is 11.3. The summed E-state index contributed by atoms with van der Waals surface area (Å²) >= 11 is 3.39. The molecule has 1 amide bonds. The Bertz CT molecular complexity index is 1000. The van der Waals surface area contributed by atoms with Gasteiger partial charge in [-0.3, -0.25) is 4.79 Å². The van der Waals surface area contributed by atoms with Gasteiger partial charge in [-0.25, -0.2) is 0 Å². The Kier molecular flexibility index (Phi) is 5.08. The SMILES string of the molecule is Cc1cccc(C)c1OCC(=O)N=Nc1c(O)n(C)c2ccc(Br)cc12. The minimum atomic E-state index is -0.529. The van der Waals surface area contributed by atoms with Gasteiger partial charge in [-0.05, 0) is 43.2 Å². The Morgan fingerprint density at radius 2 is 1.92 bits per heavy atom. The van der Waals surface area contributed by atoms with E-state index in [1.54, 1.807) is 11.6 Å². The van der Waals surface area contributed by atoms with Crippen LogP contribution in [-0.2, 0) is 11.8 Å². The highest BCUT2D eigenvalue weighted by molar-refractivity contribution is 9.10. The summed E-state index contributed by atoms with van der Waals surface area (Å²) < 4.78 is 8.02. The number of nitrogens with zero attached hydrogens (tertiary/aromatic N) is 3. The van der Waals surface area contributed by atoms with Crippen molar-refractivity contribution in [2.75, 3.05) is 6.61 Å². The van der Waals surface area contributed by atoms with Crippen LogP contribution in [0.15, 0.2) is 51.1 Å².